The van der Waals surface area contributed by atoms with E-state index >= 15 is 0 Å². The Balaban J connectivity index is 1.60. The Morgan fingerprint density at radius 3 is 3.19 bits per heavy atom. The van der Waals surface area contributed by atoms with Crippen molar-refractivity contribution < 1.29 is 0 Å². The van der Waals surface area contributed by atoms with Crippen molar-refractivity contribution in [2.45, 2.75) is 39.4 Å². The van der Waals surface area contributed by atoms with Gasteiger partial charge in [0.1, 0.15) is 5.82 Å². The third kappa shape index (κ3) is 3.41. The van der Waals surface area contributed by atoms with Crippen molar-refractivity contribution in [1.29, 1.82) is 0 Å². The maximum absolute atomic E-state index is 4.59. The molecule has 0 saturated heterocycles. The van der Waals surface area contributed by atoms with Crippen LogP contribution in [0.2, 0.25) is 0 Å². The number of hydrogen-bond donors (Lipinski definition) is 2. The molecule has 2 N–H and O–H groups in total. The first kappa shape index (κ1) is 14.1. The molecule has 0 fully saturated rings. The highest BCUT2D eigenvalue weighted by Gasteiger charge is 2.16. The summed E-state index contributed by atoms with van der Waals surface area (Å²) < 4.78 is 2.20. The lowest BCUT2D eigenvalue weighted by atomic mass is 10.3. The minimum atomic E-state index is 0.655. The van der Waals surface area contributed by atoms with Crippen LogP contribution in [-0.2, 0) is 26.1 Å². The largest absolute Gasteiger partial charge is 0.357 e. The van der Waals surface area contributed by atoms with Crippen molar-refractivity contribution in [1.82, 2.24) is 25.4 Å². The first-order chi connectivity index (χ1) is 10.4. The van der Waals surface area contributed by atoms with Crippen LogP contribution in [0.15, 0.2) is 21.8 Å². The van der Waals surface area contributed by atoms with Crippen molar-refractivity contribution in [3.05, 3.63) is 34.0 Å². The van der Waals surface area contributed by atoms with Crippen LogP contribution in [0, 0.1) is 0 Å². The zero-order valence-corrected chi connectivity index (χ0v) is 13.0. The van der Waals surface area contributed by atoms with Crippen molar-refractivity contribution in [2.24, 2.45) is 4.99 Å². The van der Waals surface area contributed by atoms with E-state index in [2.05, 4.69) is 54.1 Å². The van der Waals surface area contributed by atoms with Gasteiger partial charge in [-0.1, -0.05) is 0 Å². The second-order valence-electron chi connectivity index (χ2n) is 4.97. The Morgan fingerprint density at radius 1 is 1.43 bits per heavy atom. The highest BCUT2D eigenvalue weighted by atomic mass is 32.1. The van der Waals surface area contributed by atoms with Crippen LogP contribution in [0.4, 0.5) is 0 Å². The quantitative estimate of drug-likeness (QED) is 0.649. The van der Waals surface area contributed by atoms with Gasteiger partial charge in [0, 0.05) is 19.5 Å². The molecule has 7 heteroatoms. The van der Waals surface area contributed by atoms with E-state index in [1.165, 1.54) is 12.0 Å². The van der Waals surface area contributed by atoms with Crippen molar-refractivity contribution in [2.75, 3.05) is 6.54 Å². The predicted octanol–water partition coefficient (Wildman–Crippen LogP) is 1.54. The van der Waals surface area contributed by atoms with Crippen LogP contribution in [0.1, 0.15) is 30.6 Å². The summed E-state index contributed by atoms with van der Waals surface area (Å²) in [4.78, 5) is 4.59. The number of fused-ring (bicyclic) bond motifs is 1. The molecule has 0 unspecified atom stereocenters. The average molecular weight is 304 g/mol. The molecule has 0 spiro atoms. The lowest BCUT2D eigenvalue weighted by Crippen LogP contribution is -2.37. The molecule has 3 heterocycles. The number of thiophene rings is 1. The van der Waals surface area contributed by atoms with Crippen LogP contribution in [0.25, 0.3) is 0 Å². The second kappa shape index (κ2) is 6.71. The minimum absolute atomic E-state index is 0.655. The number of aryl methyl sites for hydroxylation is 1. The summed E-state index contributed by atoms with van der Waals surface area (Å²) in [6, 6.07) is 2.10. The predicted molar refractivity (Wildman–Crippen MR) is 84.3 cm³/mol. The second-order valence-corrected chi connectivity index (χ2v) is 5.75. The van der Waals surface area contributed by atoms with Gasteiger partial charge in [-0.25, -0.2) is 4.99 Å². The molecular formula is C14H20N6S. The number of hydrogen-bond acceptors (Lipinski definition) is 4. The first-order valence-electron chi connectivity index (χ1n) is 7.31. The number of rotatable bonds is 5. The SMILES string of the molecule is CCNC(=NCc1ccsc1)NCc1nnc2n1CCC2. The monoisotopic (exact) mass is 304 g/mol. The molecule has 0 atom stereocenters. The standard InChI is InChI=1S/C14H20N6S/c1-2-15-14(16-8-11-5-7-21-10-11)17-9-13-19-18-12-4-3-6-20(12)13/h5,7,10H,2-4,6,8-9H2,1H3,(H2,15,16,17). The van der Waals surface area contributed by atoms with Gasteiger partial charge in [-0.2, -0.15) is 11.3 Å². The molecule has 112 valence electrons. The van der Waals surface area contributed by atoms with Gasteiger partial charge in [0.25, 0.3) is 0 Å². The molecule has 2 aromatic rings. The summed E-state index contributed by atoms with van der Waals surface area (Å²) in [5.41, 5.74) is 1.24. The zero-order chi connectivity index (χ0) is 14.5. The van der Waals surface area contributed by atoms with Gasteiger partial charge in [0.05, 0.1) is 13.1 Å². The van der Waals surface area contributed by atoms with E-state index < -0.39 is 0 Å². The van der Waals surface area contributed by atoms with Gasteiger partial charge in [-0.15, -0.1) is 10.2 Å². The highest BCUT2D eigenvalue weighted by Crippen LogP contribution is 2.13. The Kier molecular flexibility index (Phi) is 4.49. The Hall–Kier alpha value is -1.89. The van der Waals surface area contributed by atoms with E-state index in [1.807, 2.05) is 0 Å². The summed E-state index contributed by atoms with van der Waals surface area (Å²) in [6.45, 7) is 5.28. The minimum Gasteiger partial charge on any atom is -0.357 e. The first-order valence-corrected chi connectivity index (χ1v) is 8.25. The van der Waals surface area contributed by atoms with E-state index in [-0.39, 0.29) is 0 Å². The van der Waals surface area contributed by atoms with Crippen LogP contribution < -0.4 is 10.6 Å². The van der Waals surface area contributed by atoms with Gasteiger partial charge in [0.2, 0.25) is 0 Å². The molecule has 0 saturated carbocycles. The van der Waals surface area contributed by atoms with E-state index in [1.54, 1.807) is 11.3 Å². The van der Waals surface area contributed by atoms with Crippen molar-refractivity contribution >= 4 is 17.3 Å². The normalized spacial score (nSPS) is 14.2. The summed E-state index contributed by atoms with van der Waals surface area (Å²) >= 11 is 1.70. The highest BCUT2D eigenvalue weighted by molar-refractivity contribution is 7.07. The van der Waals surface area contributed by atoms with E-state index in [0.29, 0.717) is 13.1 Å². The van der Waals surface area contributed by atoms with Gasteiger partial charge in [-0.05, 0) is 35.7 Å². The smallest absolute Gasteiger partial charge is 0.191 e. The van der Waals surface area contributed by atoms with Crippen LogP contribution in [-0.4, -0.2) is 27.3 Å². The Labute approximate surface area is 128 Å². The lowest BCUT2D eigenvalue weighted by Gasteiger charge is -2.11. The molecule has 0 bridgehead atoms. The average Bonchev–Trinajstić information content (AvgIpc) is 3.19. The fraction of sp³-hybridized carbons (Fsp3) is 0.500. The molecule has 0 amide bonds. The fourth-order valence-corrected chi connectivity index (χ4v) is 3.06. The van der Waals surface area contributed by atoms with E-state index in [4.69, 9.17) is 0 Å². The number of aliphatic imine (C=N–C) groups is 1. The summed E-state index contributed by atoms with van der Waals surface area (Å²) in [6.07, 6.45) is 2.21. The summed E-state index contributed by atoms with van der Waals surface area (Å²) in [7, 11) is 0. The topological polar surface area (TPSA) is 67.1 Å². The molecule has 1 aliphatic rings. The Bertz CT molecular complexity index is 601. The third-order valence-electron chi connectivity index (χ3n) is 3.44. The van der Waals surface area contributed by atoms with Gasteiger partial charge in [-0.3, -0.25) is 0 Å². The number of nitrogens with zero attached hydrogens (tertiary/aromatic N) is 4. The molecular weight excluding hydrogens is 284 g/mol. The molecule has 0 aromatic carbocycles. The van der Waals surface area contributed by atoms with Crippen LogP contribution in [0.3, 0.4) is 0 Å². The maximum Gasteiger partial charge on any atom is 0.191 e. The van der Waals surface area contributed by atoms with Crippen LogP contribution >= 0.6 is 11.3 Å². The summed E-state index contributed by atoms with van der Waals surface area (Å²) in [5.74, 6) is 2.91. The van der Waals surface area contributed by atoms with Gasteiger partial charge in [0.15, 0.2) is 11.8 Å². The molecule has 0 aliphatic carbocycles. The molecule has 3 rings (SSSR count). The molecule has 6 nitrogen and oxygen atoms in total. The fourth-order valence-electron chi connectivity index (χ4n) is 2.40. The molecule has 1 aliphatic heterocycles. The van der Waals surface area contributed by atoms with Crippen LogP contribution in [0.5, 0.6) is 0 Å². The Morgan fingerprint density at radius 2 is 2.38 bits per heavy atom. The van der Waals surface area contributed by atoms with Gasteiger partial charge < -0.3 is 15.2 Å². The van der Waals surface area contributed by atoms with E-state index in [9.17, 15) is 0 Å². The molecule has 21 heavy (non-hydrogen) atoms. The summed E-state index contributed by atoms with van der Waals surface area (Å²) in [5, 5.41) is 19.3. The van der Waals surface area contributed by atoms with Crippen molar-refractivity contribution in [3.8, 4) is 0 Å². The number of aromatic nitrogens is 3. The van der Waals surface area contributed by atoms with Gasteiger partial charge >= 0.3 is 0 Å². The number of nitrogens with one attached hydrogen (secondary N) is 2. The zero-order valence-electron chi connectivity index (χ0n) is 12.2. The lowest BCUT2D eigenvalue weighted by molar-refractivity contribution is 0.663. The number of guanidine groups is 1. The molecule has 2 aromatic heterocycles. The van der Waals surface area contributed by atoms with E-state index in [0.717, 1.165) is 37.1 Å². The molecule has 0 radical (unpaired) electrons. The maximum atomic E-state index is 4.59. The third-order valence-corrected chi connectivity index (χ3v) is 4.18. The van der Waals surface area contributed by atoms with Crippen molar-refractivity contribution in [3.63, 3.8) is 0 Å².